The van der Waals surface area contributed by atoms with Crippen LogP contribution in [0, 0.1) is 39.4 Å². The van der Waals surface area contributed by atoms with Crippen LogP contribution in [0.2, 0.25) is 0 Å². The molecule has 1 aliphatic rings. The van der Waals surface area contributed by atoms with Gasteiger partial charge in [0, 0.05) is 23.1 Å². The average molecular weight is 447 g/mol. The Morgan fingerprint density at radius 3 is 1.68 bits per heavy atom. The summed E-state index contributed by atoms with van der Waals surface area (Å²) in [6.07, 6.45) is 2.98. The van der Waals surface area contributed by atoms with Crippen LogP contribution in [0.4, 0.5) is 0 Å². The van der Waals surface area contributed by atoms with Crippen molar-refractivity contribution in [1.29, 1.82) is 0 Å². The second-order valence-electron chi connectivity index (χ2n) is 5.05. The Hall–Kier alpha value is -2.14. The summed E-state index contributed by atoms with van der Waals surface area (Å²) < 4.78 is 56.0. The van der Waals surface area contributed by atoms with Crippen LogP contribution in [0.15, 0.2) is 41.3 Å². The molecule has 1 atom stereocenters. The minimum atomic E-state index is -3.78. The zero-order chi connectivity index (χ0) is 22.2. The average Bonchev–Trinajstić information content (AvgIpc) is 3.11. The number of sulfonamides is 1. The summed E-state index contributed by atoms with van der Waals surface area (Å²) >= 11 is 0. The Morgan fingerprint density at radius 1 is 0.929 bits per heavy atom. The molecule has 2 rings (SSSR count). The Bertz CT molecular complexity index is 767. The predicted octanol–water partition coefficient (Wildman–Crippen LogP) is 1.95. The van der Waals surface area contributed by atoms with Crippen LogP contribution in [-0.2, 0) is 50.5 Å². The van der Waals surface area contributed by atoms with E-state index in [9.17, 15) is 13.2 Å². The second kappa shape index (κ2) is 18.2. The summed E-state index contributed by atoms with van der Waals surface area (Å²) in [5.41, 5.74) is 0.977. The van der Waals surface area contributed by atoms with E-state index in [-0.39, 0.29) is 27.9 Å². The fourth-order valence-corrected chi connectivity index (χ4v) is 3.71. The number of carbonyl (C=O) groups excluding carboxylic acids is 1. The first-order valence-electron chi connectivity index (χ1n) is 6.99. The molecule has 1 aliphatic heterocycles. The molecule has 0 aliphatic carbocycles. The van der Waals surface area contributed by atoms with Crippen molar-refractivity contribution in [2.45, 2.75) is 31.7 Å². The summed E-state index contributed by atoms with van der Waals surface area (Å²) in [6, 6.07) is 6.12. The van der Waals surface area contributed by atoms with Gasteiger partial charge in [-0.15, -0.1) is 0 Å². The van der Waals surface area contributed by atoms with Crippen molar-refractivity contribution in [2.24, 2.45) is 5.92 Å². The van der Waals surface area contributed by atoms with Crippen LogP contribution >= 0.6 is 0 Å². The van der Waals surface area contributed by atoms with Crippen molar-refractivity contribution in [3.05, 3.63) is 68.6 Å². The monoisotopic (exact) mass is 447 g/mol. The van der Waals surface area contributed by atoms with Gasteiger partial charge in [-0.05, 0) is 25.0 Å². The standard InChI is InChI=1S/C14H17NO3S.4CO.Fe/c1-10(2)13-8-9-14(16)15(13)19(17,18)12-6-4-11(3)5-7-12;4*1-2;/h4-10,13H,1-3H3;;;;;/t13-;;;;;/m0...../s1. The number of aryl methyl sites for hydroxylation is 1. The maximum absolute atomic E-state index is 12.5. The quantitative estimate of drug-likeness (QED) is 0.398. The fraction of sp³-hybridized carbons (Fsp3) is 0.278. The van der Waals surface area contributed by atoms with Crippen LogP contribution in [0.1, 0.15) is 19.4 Å². The van der Waals surface area contributed by atoms with Gasteiger partial charge in [0.1, 0.15) is 0 Å². The first kappa shape index (κ1) is 33.4. The van der Waals surface area contributed by atoms with Crippen LogP contribution in [-0.4, -0.2) is 24.7 Å². The second-order valence-corrected chi connectivity index (χ2v) is 6.86. The predicted molar refractivity (Wildman–Crippen MR) is 88.7 cm³/mol. The van der Waals surface area contributed by atoms with Gasteiger partial charge >= 0.3 is 45.2 Å². The molecule has 8 nitrogen and oxygen atoms in total. The van der Waals surface area contributed by atoms with Gasteiger partial charge in [-0.2, -0.15) is 0 Å². The molecule has 1 aromatic rings. The van der Waals surface area contributed by atoms with E-state index in [0.717, 1.165) is 9.87 Å². The largest absolute Gasteiger partial charge is 0 e. The first-order valence-corrected chi connectivity index (χ1v) is 8.43. The molecular formula is C18H17FeNO7S. The number of hydrogen-bond acceptors (Lipinski definition) is 3. The number of carbonyl (C=O) groups is 1. The van der Waals surface area contributed by atoms with E-state index in [1.165, 1.54) is 18.2 Å². The molecule has 1 aromatic carbocycles. The Kier molecular flexibility index (Phi) is 21.8. The van der Waals surface area contributed by atoms with Gasteiger partial charge in [0.15, 0.2) is 0 Å². The maximum atomic E-state index is 12.5. The molecule has 0 saturated heterocycles. The molecule has 0 unspecified atom stereocenters. The molecule has 0 bridgehead atoms. The number of hydrogen-bond donors (Lipinski definition) is 0. The molecule has 0 fully saturated rings. The van der Waals surface area contributed by atoms with E-state index in [2.05, 4.69) is 26.6 Å². The first-order chi connectivity index (χ1) is 12.8. The molecular weight excluding hydrogens is 430 g/mol. The summed E-state index contributed by atoms with van der Waals surface area (Å²) in [5, 5.41) is 0. The molecule has 0 N–H and O–H groups in total. The van der Waals surface area contributed by atoms with E-state index < -0.39 is 22.0 Å². The van der Waals surface area contributed by atoms with Crippen molar-refractivity contribution < 1.29 is 48.9 Å². The maximum Gasteiger partial charge on any atom is 0 e. The number of nitrogens with zero attached hydrogens (tertiary/aromatic N) is 1. The zero-order valence-electron chi connectivity index (χ0n) is 15.2. The minimum Gasteiger partial charge on any atom is 0 e. The third-order valence-corrected chi connectivity index (χ3v) is 4.99. The number of amides is 1. The van der Waals surface area contributed by atoms with E-state index in [1.807, 2.05) is 20.8 Å². The Morgan fingerprint density at radius 2 is 1.32 bits per heavy atom. The van der Waals surface area contributed by atoms with E-state index in [0.29, 0.717) is 0 Å². The molecule has 28 heavy (non-hydrogen) atoms. The minimum absolute atomic E-state index is 0. The van der Waals surface area contributed by atoms with Crippen molar-refractivity contribution in [3.63, 3.8) is 0 Å². The summed E-state index contributed by atoms with van der Waals surface area (Å²) in [5.74, 6) is -0.429. The summed E-state index contributed by atoms with van der Waals surface area (Å²) in [6.45, 7) is 23.7. The van der Waals surface area contributed by atoms with Gasteiger partial charge in [-0.3, -0.25) is 4.79 Å². The van der Waals surface area contributed by atoms with Gasteiger partial charge in [-0.25, -0.2) is 12.7 Å². The van der Waals surface area contributed by atoms with E-state index >= 15 is 0 Å². The molecule has 150 valence electrons. The third kappa shape index (κ3) is 9.18. The van der Waals surface area contributed by atoms with Gasteiger partial charge < -0.3 is 0 Å². The van der Waals surface area contributed by atoms with Gasteiger partial charge in [0.05, 0.1) is 10.9 Å². The normalized spacial score (nSPS) is 13.5. The fourth-order valence-electron chi connectivity index (χ4n) is 2.07. The SMILES string of the molecule is Cc1ccc(S(=O)(=O)N2C(=O)C=C[C@H]2C(C)C)cc1.[C-]#[O+].[C-]#[O+].[C-]#[O+].[C-]#[O+].[Fe]. The molecule has 0 spiro atoms. The van der Waals surface area contributed by atoms with Gasteiger partial charge in [0.2, 0.25) is 0 Å². The molecule has 0 radical (unpaired) electrons. The molecule has 1 amide bonds. The Balaban J connectivity index is -0.000000285. The van der Waals surface area contributed by atoms with Gasteiger partial charge in [-0.1, -0.05) is 37.6 Å². The van der Waals surface area contributed by atoms with Crippen molar-refractivity contribution in [1.82, 2.24) is 4.31 Å². The molecule has 10 heteroatoms. The third-order valence-electron chi connectivity index (χ3n) is 3.18. The van der Waals surface area contributed by atoms with Crippen LogP contribution in [0.5, 0.6) is 0 Å². The van der Waals surface area contributed by atoms with Gasteiger partial charge in [0.25, 0.3) is 15.9 Å². The van der Waals surface area contributed by atoms with Crippen molar-refractivity contribution in [2.75, 3.05) is 0 Å². The zero-order valence-corrected chi connectivity index (χ0v) is 17.1. The Labute approximate surface area is 175 Å². The smallest absolute Gasteiger partial charge is 0 e. The van der Waals surface area contributed by atoms with Crippen molar-refractivity contribution in [3.8, 4) is 0 Å². The van der Waals surface area contributed by atoms with Crippen LogP contribution in [0.3, 0.4) is 0 Å². The molecule has 0 saturated carbocycles. The summed E-state index contributed by atoms with van der Waals surface area (Å²) in [7, 11) is -3.78. The number of benzene rings is 1. The van der Waals surface area contributed by atoms with Crippen LogP contribution in [0.25, 0.3) is 0 Å². The molecule has 1 heterocycles. The molecule has 0 aromatic heterocycles. The van der Waals surface area contributed by atoms with E-state index in [1.54, 1.807) is 18.2 Å². The topological polar surface area (TPSA) is 134 Å². The number of rotatable bonds is 3. The van der Waals surface area contributed by atoms with Crippen LogP contribution < -0.4 is 0 Å². The van der Waals surface area contributed by atoms with E-state index in [4.69, 9.17) is 18.6 Å². The van der Waals surface area contributed by atoms with Crippen molar-refractivity contribution >= 4 is 15.9 Å². The summed E-state index contributed by atoms with van der Waals surface area (Å²) in [4.78, 5) is 12.0.